The first-order chi connectivity index (χ1) is 46.7. The summed E-state index contributed by atoms with van der Waals surface area (Å²) >= 11 is 7.47. The van der Waals surface area contributed by atoms with Crippen molar-refractivity contribution < 1.29 is 0 Å². The number of fused-ring (bicyclic) bond motifs is 28. The Morgan fingerprint density at radius 2 is 0.479 bits per heavy atom. The Bertz CT molecular complexity index is 6430. The van der Waals surface area contributed by atoms with Crippen LogP contribution in [0.1, 0.15) is 5.56 Å². The van der Waals surface area contributed by atoms with Crippen molar-refractivity contribution in [2.24, 2.45) is 0 Å². The smallest absolute Gasteiger partial charge is 0.104 e. The van der Waals surface area contributed by atoms with Gasteiger partial charge in [0.2, 0.25) is 0 Å². The number of hydrogen-bond acceptors (Lipinski definition) is 5. The third-order valence-electron chi connectivity index (χ3n) is 20.2. The van der Waals surface area contributed by atoms with Crippen molar-refractivity contribution in [3.63, 3.8) is 0 Å². The molecule has 434 valence electrons. The lowest BCUT2D eigenvalue weighted by Crippen LogP contribution is -2.16. The van der Waals surface area contributed by atoms with Crippen molar-refractivity contribution in [3.8, 4) is 39.9 Å². The van der Waals surface area contributed by atoms with Gasteiger partial charge < -0.3 is 18.3 Å². The molecule has 8 heterocycles. The Morgan fingerprint density at radius 3 is 0.777 bits per heavy atom. The summed E-state index contributed by atoms with van der Waals surface area (Å²) in [4.78, 5) is 0. The lowest BCUT2D eigenvalue weighted by atomic mass is 9.93. The normalized spacial score (nSPS) is 12.5. The molecule has 0 atom stereocenters. The quantitative estimate of drug-likeness (QED) is 0.169. The summed E-state index contributed by atoms with van der Waals surface area (Å²) in [6, 6.07) is 104. The minimum absolute atomic E-state index is 0.548. The van der Waals surface area contributed by atoms with E-state index in [1.807, 2.05) is 45.3 Å². The van der Waals surface area contributed by atoms with Crippen LogP contribution in [-0.4, -0.2) is 18.3 Å². The van der Waals surface area contributed by atoms with E-state index in [0.717, 1.165) is 121 Å². The molecular formula is C85H45N5S4. The number of rotatable bonds is 5. The maximum absolute atomic E-state index is 13.6. The van der Waals surface area contributed by atoms with Crippen molar-refractivity contribution >= 4 is 213 Å². The van der Waals surface area contributed by atoms with Gasteiger partial charge in [0.25, 0.3) is 0 Å². The number of hydrogen-bond donors (Lipinski definition) is 0. The molecule has 0 spiro atoms. The fourth-order valence-corrected chi connectivity index (χ4v) is 21.4. The molecule has 0 aliphatic carbocycles. The Morgan fingerprint density at radius 1 is 0.223 bits per heavy atom. The zero-order valence-electron chi connectivity index (χ0n) is 49.8. The summed E-state index contributed by atoms with van der Waals surface area (Å²) in [6.45, 7) is 0. The van der Waals surface area contributed by atoms with Gasteiger partial charge in [-0.05, 0) is 54.1 Å². The molecule has 0 saturated heterocycles. The fourth-order valence-electron chi connectivity index (χ4n) is 16.4. The van der Waals surface area contributed by atoms with Crippen molar-refractivity contribution in [1.82, 2.24) is 18.3 Å². The third-order valence-corrected chi connectivity index (χ3v) is 25.0. The van der Waals surface area contributed by atoms with Crippen LogP contribution in [0.5, 0.6) is 0 Å². The molecule has 0 fully saturated rings. The Kier molecular flexibility index (Phi) is 10.3. The molecule has 5 nitrogen and oxygen atoms in total. The highest BCUT2D eigenvalue weighted by Crippen LogP contribution is 2.57. The molecule has 0 radical (unpaired) electrons. The highest BCUT2D eigenvalue weighted by atomic mass is 32.1. The molecule has 22 rings (SSSR count). The molecule has 8 aromatic heterocycles. The largest absolute Gasteiger partial charge is 0.306 e. The van der Waals surface area contributed by atoms with E-state index in [4.69, 9.17) is 0 Å². The summed E-state index contributed by atoms with van der Waals surface area (Å²) in [5.74, 6) is 0. The predicted molar refractivity (Wildman–Crippen MR) is 406 cm³/mol. The second kappa shape index (κ2) is 18.9. The maximum atomic E-state index is 13.6. The number of benzene rings is 14. The van der Waals surface area contributed by atoms with Gasteiger partial charge in [0.05, 0.1) is 85.7 Å². The van der Waals surface area contributed by atoms with Crippen molar-refractivity contribution in [2.45, 2.75) is 0 Å². The molecule has 0 aliphatic heterocycles. The van der Waals surface area contributed by atoms with Crippen molar-refractivity contribution in [2.75, 3.05) is 0 Å². The van der Waals surface area contributed by atoms with E-state index in [1.165, 1.54) is 80.7 Å². The highest BCUT2D eigenvalue weighted by molar-refractivity contribution is 7.28. The number of aromatic nitrogens is 4. The number of para-hydroxylation sites is 4. The van der Waals surface area contributed by atoms with Crippen LogP contribution in [0.25, 0.3) is 202 Å². The first kappa shape index (κ1) is 51.3. The van der Waals surface area contributed by atoms with Crippen LogP contribution in [0.4, 0.5) is 0 Å². The van der Waals surface area contributed by atoms with Crippen LogP contribution in [-0.2, 0) is 0 Å². The van der Waals surface area contributed by atoms with Crippen LogP contribution < -0.4 is 0 Å². The first-order valence-corrected chi connectivity index (χ1v) is 35.0. The van der Waals surface area contributed by atoms with E-state index < -0.39 is 0 Å². The van der Waals surface area contributed by atoms with Gasteiger partial charge in [0.15, 0.2) is 0 Å². The van der Waals surface area contributed by atoms with Crippen LogP contribution in [0, 0.1) is 11.3 Å². The average Bonchev–Trinajstić information content (AvgIpc) is 1.48. The van der Waals surface area contributed by atoms with Gasteiger partial charge in [0.1, 0.15) is 11.6 Å². The summed E-state index contributed by atoms with van der Waals surface area (Å²) in [6.07, 6.45) is 0. The number of nitriles is 1. The number of nitrogens with zero attached hydrogens (tertiary/aromatic N) is 5. The molecular weight excluding hydrogens is 1220 g/mol. The molecule has 0 amide bonds. The summed E-state index contributed by atoms with van der Waals surface area (Å²) in [7, 11) is 0. The summed E-state index contributed by atoms with van der Waals surface area (Å²) in [5, 5.41) is 32.4. The van der Waals surface area contributed by atoms with Gasteiger partial charge in [0, 0.05) is 111 Å². The minimum atomic E-state index is 0.548. The van der Waals surface area contributed by atoms with Gasteiger partial charge in [-0.15, -0.1) is 45.3 Å². The van der Waals surface area contributed by atoms with Gasteiger partial charge in [-0.25, -0.2) is 0 Å². The summed E-state index contributed by atoms with van der Waals surface area (Å²) in [5.41, 5.74) is 14.5. The zero-order chi connectivity index (χ0) is 61.2. The molecule has 0 bridgehead atoms. The van der Waals surface area contributed by atoms with E-state index in [1.54, 1.807) is 0 Å². The van der Waals surface area contributed by atoms with Crippen molar-refractivity contribution in [3.05, 3.63) is 279 Å². The topological polar surface area (TPSA) is 43.5 Å². The molecule has 9 heteroatoms. The van der Waals surface area contributed by atoms with Gasteiger partial charge >= 0.3 is 0 Å². The second-order valence-electron chi connectivity index (χ2n) is 24.8. The first-order valence-electron chi connectivity index (χ1n) is 31.7. The lowest BCUT2D eigenvalue weighted by molar-refractivity contribution is 1.04. The van der Waals surface area contributed by atoms with E-state index in [0.29, 0.717) is 5.56 Å². The Balaban J connectivity index is 1.11. The SMILES string of the molecule is N#Cc1c(-n2c3ccccc3c3ccccc32)c(-n2c3c(ccc4c5ccccc5sc43)c3ccc4c5ccccc5sc4c32)c(-c2ccccc2)c(-n2c3c(ccc4c5ccccc5sc43)c3ccc4c5ccccc5sc4c32)c1-n1c2ccccc2c2ccccc21. The van der Waals surface area contributed by atoms with E-state index in [2.05, 4.69) is 297 Å². The Labute approximate surface area is 551 Å². The number of thiophene rings is 4. The molecule has 22 aromatic rings. The van der Waals surface area contributed by atoms with Crippen LogP contribution in [0.2, 0.25) is 0 Å². The third kappa shape index (κ3) is 6.59. The zero-order valence-corrected chi connectivity index (χ0v) is 53.1. The standard InChI is InChI=1S/C85H45N5S4/c86-46-64-74(87-65-30-12-4-22-48(65)49-23-5-13-31-66(49)87)80(89-76-56(38-42-60-52-26-8-16-34-69(52)91-82(60)76)57-39-43-61-53-27-9-17-35-70(53)92-83(61)77(57)89)73(47-20-2-1-3-21-47)81(75(64)88-67-32-14-6-24-50(67)51-25-7-15-33-68(51)88)90-78-58(40-44-62-54-28-10-18-36-71(54)93-84(62)78)59-41-45-63-55-29-11-19-37-72(55)94-85(63)79(59)90/h1-45H. The molecule has 0 aliphatic rings. The molecule has 0 saturated carbocycles. The van der Waals surface area contributed by atoms with Crippen LogP contribution >= 0.6 is 45.3 Å². The van der Waals surface area contributed by atoms with E-state index >= 15 is 0 Å². The Hall–Kier alpha value is -11.4. The van der Waals surface area contributed by atoms with Crippen LogP contribution in [0.15, 0.2) is 273 Å². The van der Waals surface area contributed by atoms with Crippen molar-refractivity contribution in [1.29, 1.82) is 5.26 Å². The second-order valence-corrected chi connectivity index (χ2v) is 29.0. The molecule has 0 N–H and O–H groups in total. The fraction of sp³-hybridized carbons (Fsp3) is 0. The summed E-state index contributed by atoms with van der Waals surface area (Å²) < 4.78 is 20.0. The van der Waals surface area contributed by atoms with E-state index in [9.17, 15) is 5.26 Å². The average molecular weight is 1260 g/mol. The molecule has 94 heavy (non-hydrogen) atoms. The van der Waals surface area contributed by atoms with Gasteiger partial charge in [-0.2, -0.15) is 5.26 Å². The van der Waals surface area contributed by atoms with Crippen LogP contribution in [0.3, 0.4) is 0 Å². The monoisotopic (exact) mass is 1260 g/mol. The minimum Gasteiger partial charge on any atom is -0.306 e. The predicted octanol–water partition coefficient (Wildman–Crippen LogP) is 25.1. The molecule has 14 aromatic carbocycles. The van der Waals surface area contributed by atoms with Gasteiger partial charge in [-0.3, -0.25) is 0 Å². The lowest BCUT2D eigenvalue weighted by Gasteiger charge is -2.29. The highest BCUT2D eigenvalue weighted by Gasteiger charge is 2.37. The maximum Gasteiger partial charge on any atom is 0.104 e. The molecule has 0 unspecified atom stereocenters. The van der Waals surface area contributed by atoms with E-state index in [-0.39, 0.29) is 0 Å². The van der Waals surface area contributed by atoms with Gasteiger partial charge in [-0.1, -0.05) is 224 Å².